The molecule has 0 fully saturated rings. The van der Waals surface area contributed by atoms with E-state index in [2.05, 4.69) is 21.2 Å². The summed E-state index contributed by atoms with van der Waals surface area (Å²) < 4.78 is 11.7. The van der Waals surface area contributed by atoms with E-state index in [0.717, 1.165) is 10.0 Å². The van der Waals surface area contributed by atoms with Crippen LogP contribution in [0.1, 0.15) is 12.5 Å². The summed E-state index contributed by atoms with van der Waals surface area (Å²) >= 11 is 3.39. The van der Waals surface area contributed by atoms with Crippen LogP contribution in [-0.4, -0.2) is 26.2 Å². The topological polar surface area (TPSA) is 73.6 Å². The Hall–Kier alpha value is -1.27. The Balaban J connectivity index is 2.96. The number of hydrogen-bond donors (Lipinski definition) is 2. The average Bonchev–Trinajstić information content (AvgIpc) is 2.37. The molecule has 0 aliphatic rings. The third kappa shape index (κ3) is 3.89. The van der Waals surface area contributed by atoms with Crippen LogP contribution >= 0.6 is 15.9 Å². The molecule has 6 heteroatoms. The molecule has 5 nitrogen and oxygen atoms in total. The molecule has 100 valence electrons. The van der Waals surface area contributed by atoms with Gasteiger partial charge in [0, 0.05) is 13.6 Å². The van der Waals surface area contributed by atoms with Crippen molar-refractivity contribution in [3.63, 3.8) is 0 Å². The first kappa shape index (κ1) is 14.8. The molecule has 1 amide bonds. The average molecular weight is 317 g/mol. The van der Waals surface area contributed by atoms with E-state index in [-0.39, 0.29) is 12.5 Å². The maximum Gasteiger partial charge on any atom is 0.257 e. The highest BCUT2D eigenvalue weighted by Crippen LogP contribution is 2.36. The molecule has 0 saturated carbocycles. The number of likely N-dealkylation sites (N-methyl/N-ethyl adjacent to an activating group) is 1. The summed E-state index contributed by atoms with van der Waals surface area (Å²) in [6, 6.07) is 3.66. The predicted molar refractivity (Wildman–Crippen MR) is 72.8 cm³/mol. The lowest BCUT2D eigenvalue weighted by Gasteiger charge is -2.14. The molecule has 0 aromatic heterocycles. The number of nitrogens with one attached hydrogen (secondary N) is 1. The first-order valence-corrected chi connectivity index (χ1v) is 6.40. The minimum Gasteiger partial charge on any atom is -0.490 e. The standard InChI is InChI=1S/C12H17BrN2O3/c1-3-17-10-5-8(6-14)4-9(13)12(10)18-7-11(16)15-2/h4-5H,3,6-7,14H2,1-2H3,(H,15,16). The van der Waals surface area contributed by atoms with Gasteiger partial charge in [0.05, 0.1) is 11.1 Å². The van der Waals surface area contributed by atoms with Gasteiger partial charge < -0.3 is 20.5 Å². The highest BCUT2D eigenvalue weighted by atomic mass is 79.9. The number of nitrogens with two attached hydrogens (primary N) is 1. The fourth-order valence-corrected chi connectivity index (χ4v) is 1.96. The van der Waals surface area contributed by atoms with Gasteiger partial charge in [-0.1, -0.05) is 0 Å². The molecule has 1 aromatic rings. The number of rotatable bonds is 6. The molecule has 1 rings (SSSR count). The summed E-state index contributed by atoms with van der Waals surface area (Å²) in [5.74, 6) is 0.890. The Morgan fingerprint density at radius 3 is 2.72 bits per heavy atom. The molecule has 1 aromatic carbocycles. The molecule has 18 heavy (non-hydrogen) atoms. The zero-order chi connectivity index (χ0) is 13.5. The molecule has 0 unspecified atom stereocenters. The third-order valence-electron chi connectivity index (χ3n) is 2.23. The quantitative estimate of drug-likeness (QED) is 0.832. The smallest absolute Gasteiger partial charge is 0.257 e. The third-order valence-corrected chi connectivity index (χ3v) is 2.82. The van der Waals surface area contributed by atoms with Crippen LogP contribution < -0.4 is 20.5 Å². The van der Waals surface area contributed by atoms with Crippen molar-refractivity contribution < 1.29 is 14.3 Å². The van der Waals surface area contributed by atoms with Crippen LogP contribution in [0.5, 0.6) is 11.5 Å². The zero-order valence-electron chi connectivity index (χ0n) is 10.5. The van der Waals surface area contributed by atoms with Gasteiger partial charge in [0.2, 0.25) is 0 Å². The minimum absolute atomic E-state index is 0.0584. The largest absolute Gasteiger partial charge is 0.490 e. The summed E-state index contributed by atoms with van der Waals surface area (Å²) in [7, 11) is 1.56. The van der Waals surface area contributed by atoms with Gasteiger partial charge in [-0.05, 0) is 40.5 Å². The number of hydrogen-bond acceptors (Lipinski definition) is 4. The van der Waals surface area contributed by atoms with Crippen molar-refractivity contribution in [2.45, 2.75) is 13.5 Å². The predicted octanol–water partition coefficient (Wildman–Crippen LogP) is 1.43. The zero-order valence-corrected chi connectivity index (χ0v) is 12.0. The van der Waals surface area contributed by atoms with Crippen molar-refractivity contribution in [1.29, 1.82) is 0 Å². The second-order valence-electron chi connectivity index (χ2n) is 3.50. The lowest BCUT2D eigenvalue weighted by atomic mass is 10.2. The molecule has 3 N–H and O–H groups in total. The molecule has 0 atom stereocenters. The number of benzene rings is 1. The monoisotopic (exact) mass is 316 g/mol. The van der Waals surface area contributed by atoms with Crippen molar-refractivity contribution >= 4 is 21.8 Å². The van der Waals surface area contributed by atoms with Gasteiger partial charge in [0.25, 0.3) is 5.91 Å². The second kappa shape index (κ2) is 7.23. The van der Waals surface area contributed by atoms with Crippen LogP contribution in [0.2, 0.25) is 0 Å². The van der Waals surface area contributed by atoms with E-state index in [1.165, 1.54) is 0 Å². The van der Waals surface area contributed by atoms with E-state index >= 15 is 0 Å². The van der Waals surface area contributed by atoms with Gasteiger partial charge in [0.15, 0.2) is 18.1 Å². The fourth-order valence-electron chi connectivity index (χ4n) is 1.35. The molecule has 0 spiro atoms. The number of carbonyl (C=O) groups excluding carboxylic acids is 1. The Morgan fingerprint density at radius 2 is 2.17 bits per heavy atom. The molecule has 0 aliphatic carbocycles. The highest BCUT2D eigenvalue weighted by molar-refractivity contribution is 9.10. The van der Waals surface area contributed by atoms with Gasteiger partial charge in [0.1, 0.15) is 0 Å². The van der Waals surface area contributed by atoms with E-state index in [4.69, 9.17) is 15.2 Å². The first-order valence-electron chi connectivity index (χ1n) is 5.61. The van der Waals surface area contributed by atoms with Crippen molar-refractivity contribution in [3.8, 4) is 11.5 Å². The lowest BCUT2D eigenvalue weighted by molar-refractivity contribution is -0.122. The second-order valence-corrected chi connectivity index (χ2v) is 4.36. The molecule has 0 radical (unpaired) electrons. The SMILES string of the molecule is CCOc1cc(CN)cc(Br)c1OCC(=O)NC. The summed E-state index contributed by atoms with van der Waals surface area (Å²) in [5, 5.41) is 2.49. The molecular formula is C12H17BrN2O3. The Bertz CT molecular complexity index is 424. The van der Waals surface area contributed by atoms with Crippen LogP contribution in [0.25, 0.3) is 0 Å². The molecule has 0 aliphatic heterocycles. The number of halogens is 1. The molecule has 0 heterocycles. The van der Waals surface area contributed by atoms with Gasteiger partial charge >= 0.3 is 0 Å². The number of carbonyl (C=O) groups is 1. The van der Waals surface area contributed by atoms with Crippen LogP contribution in [0, 0.1) is 0 Å². The van der Waals surface area contributed by atoms with E-state index < -0.39 is 0 Å². The molecular weight excluding hydrogens is 300 g/mol. The van der Waals surface area contributed by atoms with Crippen LogP contribution in [0.15, 0.2) is 16.6 Å². The summed E-state index contributed by atoms with van der Waals surface area (Å²) in [6.07, 6.45) is 0. The minimum atomic E-state index is -0.202. The van der Waals surface area contributed by atoms with E-state index in [9.17, 15) is 4.79 Å². The van der Waals surface area contributed by atoms with Crippen molar-refractivity contribution in [2.24, 2.45) is 5.73 Å². The van der Waals surface area contributed by atoms with Crippen LogP contribution in [0.3, 0.4) is 0 Å². The Labute approximate surface area is 115 Å². The fraction of sp³-hybridized carbons (Fsp3) is 0.417. The van der Waals surface area contributed by atoms with Gasteiger partial charge in [-0.2, -0.15) is 0 Å². The maximum atomic E-state index is 11.2. The maximum absolute atomic E-state index is 11.2. The van der Waals surface area contributed by atoms with Crippen LogP contribution in [-0.2, 0) is 11.3 Å². The summed E-state index contributed by atoms with van der Waals surface area (Å²) in [4.78, 5) is 11.2. The van der Waals surface area contributed by atoms with Crippen LogP contribution in [0.4, 0.5) is 0 Å². The van der Waals surface area contributed by atoms with E-state index in [1.54, 1.807) is 7.05 Å². The van der Waals surface area contributed by atoms with Crippen molar-refractivity contribution in [1.82, 2.24) is 5.32 Å². The van der Waals surface area contributed by atoms with E-state index in [0.29, 0.717) is 24.7 Å². The summed E-state index contributed by atoms with van der Waals surface area (Å²) in [5.41, 5.74) is 6.52. The van der Waals surface area contributed by atoms with Crippen molar-refractivity contribution in [3.05, 3.63) is 22.2 Å². The van der Waals surface area contributed by atoms with Gasteiger partial charge in [-0.15, -0.1) is 0 Å². The van der Waals surface area contributed by atoms with Gasteiger partial charge in [-0.25, -0.2) is 0 Å². The van der Waals surface area contributed by atoms with E-state index in [1.807, 2.05) is 19.1 Å². The van der Waals surface area contributed by atoms with Crippen molar-refractivity contribution in [2.75, 3.05) is 20.3 Å². The molecule has 0 bridgehead atoms. The Kier molecular flexibility index (Phi) is 5.94. The lowest BCUT2D eigenvalue weighted by Crippen LogP contribution is -2.25. The molecule has 0 saturated heterocycles. The Morgan fingerprint density at radius 1 is 1.44 bits per heavy atom. The summed E-state index contributed by atoms with van der Waals surface area (Å²) in [6.45, 7) is 2.74. The first-order chi connectivity index (χ1) is 8.62. The normalized spacial score (nSPS) is 10.0. The van der Waals surface area contributed by atoms with Gasteiger partial charge in [-0.3, -0.25) is 4.79 Å². The highest BCUT2D eigenvalue weighted by Gasteiger charge is 2.13. The number of ether oxygens (including phenoxy) is 2. The number of amides is 1.